The average Bonchev–Trinajstić information content (AvgIpc) is 2.35. The standard InChI is InChI=1S/C6H7NO3S2/c8-5(9)3-10-2-4-7-1-6(11)12-4/h1,11H,2-3H2,(H,8,9). The number of carbonyl (C=O) groups is 1. The van der Waals surface area contributed by atoms with Gasteiger partial charge in [0.15, 0.2) is 0 Å². The van der Waals surface area contributed by atoms with Gasteiger partial charge in [-0.15, -0.1) is 24.0 Å². The highest BCUT2D eigenvalue weighted by molar-refractivity contribution is 7.82. The predicted octanol–water partition coefficient (Wildman–Crippen LogP) is 1.03. The third-order valence-electron chi connectivity index (χ3n) is 0.992. The number of hydrogen-bond donors (Lipinski definition) is 2. The molecule has 1 aromatic heterocycles. The second-order valence-corrected chi connectivity index (χ2v) is 3.88. The fourth-order valence-corrected chi connectivity index (χ4v) is 1.56. The van der Waals surface area contributed by atoms with Crippen LogP contribution in [0.3, 0.4) is 0 Å². The summed E-state index contributed by atoms with van der Waals surface area (Å²) in [5, 5.41) is 8.98. The molecule has 1 heterocycles. The Morgan fingerprint density at radius 2 is 2.58 bits per heavy atom. The van der Waals surface area contributed by atoms with E-state index in [2.05, 4.69) is 17.6 Å². The highest BCUT2D eigenvalue weighted by Crippen LogP contribution is 2.16. The molecule has 6 heteroatoms. The zero-order valence-corrected chi connectivity index (χ0v) is 7.77. The molecular formula is C6H7NO3S2. The van der Waals surface area contributed by atoms with Crippen molar-refractivity contribution in [1.29, 1.82) is 0 Å². The number of ether oxygens (including phenoxy) is 1. The molecule has 0 saturated carbocycles. The Morgan fingerprint density at radius 3 is 3.08 bits per heavy atom. The van der Waals surface area contributed by atoms with E-state index in [1.54, 1.807) is 6.20 Å². The Bertz CT molecular complexity index is 274. The fourth-order valence-electron chi connectivity index (χ4n) is 0.593. The highest BCUT2D eigenvalue weighted by atomic mass is 32.2. The van der Waals surface area contributed by atoms with E-state index in [0.29, 0.717) is 0 Å². The van der Waals surface area contributed by atoms with Crippen LogP contribution in [0.5, 0.6) is 0 Å². The van der Waals surface area contributed by atoms with Crippen molar-refractivity contribution in [2.45, 2.75) is 10.8 Å². The summed E-state index contributed by atoms with van der Waals surface area (Å²) in [5.41, 5.74) is 0. The summed E-state index contributed by atoms with van der Waals surface area (Å²) in [6.45, 7) is -0.0565. The molecule has 0 bridgehead atoms. The zero-order chi connectivity index (χ0) is 8.97. The smallest absolute Gasteiger partial charge is 0.329 e. The van der Waals surface area contributed by atoms with Gasteiger partial charge in [-0.3, -0.25) is 0 Å². The zero-order valence-electron chi connectivity index (χ0n) is 6.06. The van der Waals surface area contributed by atoms with Crippen molar-refractivity contribution < 1.29 is 14.6 Å². The first-order valence-electron chi connectivity index (χ1n) is 3.11. The van der Waals surface area contributed by atoms with Crippen LogP contribution in [0.2, 0.25) is 0 Å². The molecule has 0 saturated heterocycles. The van der Waals surface area contributed by atoms with Crippen molar-refractivity contribution in [3.63, 3.8) is 0 Å². The lowest BCUT2D eigenvalue weighted by atomic mass is 10.7. The summed E-state index contributed by atoms with van der Waals surface area (Å²) >= 11 is 5.43. The minimum atomic E-state index is -0.974. The van der Waals surface area contributed by atoms with Crippen LogP contribution in [-0.2, 0) is 16.1 Å². The average molecular weight is 205 g/mol. The summed E-state index contributed by atoms with van der Waals surface area (Å²) in [6.07, 6.45) is 1.60. The third kappa shape index (κ3) is 3.21. The number of thiol groups is 1. The summed E-state index contributed by atoms with van der Waals surface area (Å²) in [5.74, 6) is -0.974. The maximum atomic E-state index is 10.0. The monoisotopic (exact) mass is 205 g/mol. The first-order chi connectivity index (χ1) is 5.68. The summed E-state index contributed by atoms with van der Waals surface area (Å²) < 4.78 is 5.60. The quantitative estimate of drug-likeness (QED) is 0.721. The fraction of sp³-hybridized carbons (Fsp3) is 0.333. The second kappa shape index (κ2) is 4.44. The van der Waals surface area contributed by atoms with Gasteiger partial charge in [0.2, 0.25) is 0 Å². The number of rotatable bonds is 4. The topological polar surface area (TPSA) is 59.4 Å². The first kappa shape index (κ1) is 9.50. The molecule has 0 fully saturated rings. The lowest BCUT2D eigenvalue weighted by Crippen LogP contribution is -2.06. The molecule has 0 radical (unpaired) electrons. The summed E-state index contributed by atoms with van der Waals surface area (Å²) in [4.78, 5) is 14.0. The van der Waals surface area contributed by atoms with E-state index in [4.69, 9.17) is 9.84 Å². The molecule has 1 N–H and O–H groups in total. The number of thiazole rings is 1. The minimum absolute atomic E-state index is 0.234. The SMILES string of the molecule is O=C(O)COCc1ncc(S)s1. The van der Waals surface area contributed by atoms with Gasteiger partial charge < -0.3 is 9.84 Å². The van der Waals surface area contributed by atoms with E-state index in [9.17, 15) is 4.79 Å². The molecule has 0 aliphatic carbocycles. The van der Waals surface area contributed by atoms with Crippen LogP contribution in [-0.4, -0.2) is 22.7 Å². The molecule has 0 aliphatic rings. The maximum Gasteiger partial charge on any atom is 0.329 e. The predicted molar refractivity (Wildman–Crippen MR) is 46.7 cm³/mol. The molecule has 4 nitrogen and oxygen atoms in total. The largest absolute Gasteiger partial charge is 0.480 e. The number of aromatic nitrogens is 1. The first-order valence-corrected chi connectivity index (χ1v) is 4.38. The van der Waals surface area contributed by atoms with Crippen molar-refractivity contribution >= 4 is 29.9 Å². The van der Waals surface area contributed by atoms with Gasteiger partial charge in [0.05, 0.1) is 17.0 Å². The van der Waals surface area contributed by atoms with Gasteiger partial charge in [-0.1, -0.05) is 0 Å². The van der Waals surface area contributed by atoms with Gasteiger partial charge >= 0.3 is 5.97 Å². The van der Waals surface area contributed by atoms with E-state index in [-0.39, 0.29) is 13.2 Å². The maximum absolute atomic E-state index is 10.0. The van der Waals surface area contributed by atoms with Crippen molar-refractivity contribution in [3.05, 3.63) is 11.2 Å². The third-order valence-corrected chi connectivity index (χ3v) is 2.16. The molecular weight excluding hydrogens is 198 g/mol. The molecule has 0 aliphatic heterocycles. The van der Waals surface area contributed by atoms with Crippen molar-refractivity contribution in [3.8, 4) is 0 Å². The number of carboxylic acids is 1. The molecule has 66 valence electrons. The second-order valence-electron chi connectivity index (χ2n) is 1.98. The molecule has 1 rings (SSSR count). The van der Waals surface area contributed by atoms with Gasteiger partial charge in [-0.2, -0.15) is 0 Å². The molecule has 12 heavy (non-hydrogen) atoms. The highest BCUT2D eigenvalue weighted by Gasteiger charge is 2.00. The number of aliphatic carboxylic acids is 1. The lowest BCUT2D eigenvalue weighted by molar-refractivity contribution is -0.142. The van der Waals surface area contributed by atoms with Crippen molar-refractivity contribution in [1.82, 2.24) is 4.98 Å². The Hall–Kier alpha value is -0.590. The Kier molecular flexibility index (Phi) is 3.51. The van der Waals surface area contributed by atoms with Crippen molar-refractivity contribution in [2.24, 2.45) is 0 Å². The van der Waals surface area contributed by atoms with Gasteiger partial charge in [-0.25, -0.2) is 9.78 Å². The van der Waals surface area contributed by atoms with Gasteiger partial charge in [0, 0.05) is 0 Å². The van der Waals surface area contributed by atoms with Crippen LogP contribution in [0.15, 0.2) is 10.4 Å². The molecule has 0 unspecified atom stereocenters. The molecule has 0 atom stereocenters. The van der Waals surface area contributed by atoms with Crippen LogP contribution in [0.25, 0.3) is 0 Å². The Morgan fingerprint density at radius 1 is 1.83 bits per heavy atom. The van der Waals surface area contributed by atoms with Crippen LogP contribution in [0.1, 0.15) is 5.01 Å². The number of nitrogens with zero attached hydrogens (tertiary/aromatic N) is 1. The van der Waals surface area contributed by atoms with Crippen LogP contribution >= 0.6 is 24.0 Å². The van der Waals surface area contributed by atoms with Crippen LogP contribution in [0.4, 0.5) is 0 Å². The normalized spacial score (nSPS) is 10.1. The van der Waals surface area contributed by atoms with Gasteiger partial charge in [0.1, 0.15) is 11.6 Å². The van der Waals surface area contributed by atoms with Crippen LogP contribution < -0.4 is 0 Å². The molecule has 1 aromatic rings. The van der Waals surface area contributed by atoms with Crippen molar-refractivity contribution in [2.75, 3.05) is 6.61 Å². The molecule has 0 aromatic carbocycles. The van der Waals surface area contributed by atoms with Gasteiger partial charge in [-0.05, 0) is 0 Å². The van der Waals surface area contributed by atoms with E-state index in [1.165, 1.54) is 11.3 Å². The number of hydrogen-bond acceptors (Lipinski definition) is 5. The van der Waals surface area contributed by atoms with Crippen LogP contribution in [0, 0.1) is 0 Å². The van der Waals surface area contributed by atoms with E-state index < -0.39 is 5.97 Å². The molecule has 0 spiro atoms. The summed E-state index contributed by atoms with van der Waals surface area (Å²) in [7, 11) is 0. The molecule has 0 amide bonds. The Labute approximate surface area is 78.6 Å². The van der Waals surface area contributed by atoms with E-state index in [0.717, 1.165) is 9.22 Å². The Balaban J connectivity index is 2.29. The van der Waals surface area contributed by atoms with E-state index >= 15 is 0 Å². The van der Waals surface area contributed by atoms with Gasteiger partial charge in [0.25, 0.3) is 0 Å². The minimum Gasteiger partial charge on any atom is -0.480 e. The summed E-state index contributed by atoms with van der Waals surface area (Å²) in [6, 6.07) is 0. The van der Waals surface area contributed by atoms with E-state index in [1.807, 2.05) is 0 Å². The lowest BCUT2D eigenvalue weighted by Gasteiger charge is -1.95. The number of carboxylic acid groups (broad SMARTS) is 1.